The molecule has 1 fully saturated rings. The first-order valence-corrected chi connectivity index (χ1v) is 7.22. The van der Waals surface area contributed by atoms with Gasteiger partial charge in [-0.15, -0.1) is 0 Å². The van der Waals surface area contributed by atoms with Crippen LogP contribution < -0.4 is 10.6 Å². The van der Waals surface area contributed by atoms with Crippen molar-refractivity contribution in [1.29, 1.82) is 0 Å². The summed E-state index contributed by atoms with van der Waals surface area (Å²) in [5, 5.41) is 7.79. The van der Waals surface area contributed by atoms with Crippen molar-refractivity contribution in [2.45, 2.75) is 18.9 Å². The van der Waals surface area contributed by atoms with E-state index in [0.717, 1.165) is 24.2 Å². The van der Waals surface area contributed by atoms with Crippen LogP contribution in [0.15, 0.2) is 14.8 Å². The first-order valence-electron chi connectivity index (χ1n) is 5.33. The summed E-state index contributed by atoms with van der Waals surface area (Å²) in [4.78, 5) is 0. The topological polar surface area (TPSA) is 48.8 Å². The molecule has 0 radical (unpaired) electrons. The Morgan fingerprint density at radius 2 is 2.00 bits per heavy atom. The molecular weight excluding hydrogens is 311 g/mol. The molecule has 0 unspecified atom stereocenters. The summed E-state index contributed by atoms with van der Waals surface area (Å²) >= 11 is 18.5. The van der Waals surface area contributed by atoms with Crippen LogP contribution in [0.25, 0.3) is 0 Å². The van der Waals surface area contributed by atoms with Gasteiger partial charge in [0.1, 0.15) is 11.4 Å². The van der Waals surface area contributed by atoms with Crippen LogP contribution in [0.2, 0.25) is 10.0 Å². The Hall–Kier alpha value is -0.690. The van der Waals surface area contributed by atoms with Crippen molar-refractivity contribution >= 4 is 68.9 Å². The van der Waals surface area contributed by atoms with Crippen molar-refractivity contribution in [2.24, 2.45) is 8.73 Å². The number of hydrogen-bond donors (Lipinski definition) is 2. The lowest BCUT2D eigenvalue weighted by Gasteiger charge is -2.13. The second-order valence-electron chi connectivity index (χ2n) is 4.05. The molecule has 8 heteroatoms. The number of thiocarbonyl (C=S) groups is 1. The highest BCUT2D eigenvalue weighted by molar-refractivity contribution is 7.80. The molecule has 0 bridgehead atoms. The van der Waals surface area contributed by atoms with E-state index in [1.54, 1.807) is 6.07 Å². The maximum Gasteiger partial charge on any atom is 0.171 e. The lowest BCUT2D eigenvalue weighted by molar-refractivity contribution is 0.919. The van der Waals surface area contributed by atoms with Gasteiger partial charge in [0, 0.05) is 6.04 Å². The largest absolute Gasteiger partial charge is 0.360 e. The monoisotopic (exact) mass is 318 g/mol. The summed E-state index contributed by atoms with van der Waals surface area (Å²) in [6.07, 6.45) is 2.31. The van der Waals surface area contributed by atoms with E-state index in [4.69, 9.17) is 35.4 Å². The molecule has 1 aliphatic carbocycles. The van der Waals surface area contributed by atoms with Gasteiger partial charge in [0.15, 0.2) is 5.11 Å². The molecule has 2 aliphatic rings. The van der Waals surface area contributed by atoms with Crippen molar-refractivity contribution in [2.75, 3.05) is 5.32 Å². The predicted molar refractivity (Wildman–Crippen MR) is 80.4 cm³/mol. The molecule has 1 heterocycles. The van der Waals surface area contributed by atoms with Crippen molar-refractivity contribution in [3.63, 3.8) is 0 Å². The molecule has 4 nitrogen and oxygen atoms in total. The van der Waals surface area contributed by atoms with Crippen LogP contribution in [0.1, 0.15) is 12.8 Å². The molecule has 2 N–H and O–H groups in total. The zero-order valence-corrected chi connectivity index (χ0v) is 12.2. The lowest BCUT2D eigenvalue weighted by atomic mass is 10.2. The number of hydrogen-bond acceptors (Lipinski definition) is 3. The summed E-state index contributed by atoms with van der Waals surface area (Å²) in [6.45, 7) is 0. The van der Waals surface area contributed by atoms with Crippen LogP contribution in [0.3, 0.4) is 0 Å². The van der Waals surface area contributed by atoms with E-state index in [9.17, 15) is 0 Å². The minimum Gasteiger partial charge on any atom is -0.360 e. The van der Waals surface area contributed by atoms with E-state index in [1.807, 2.05) is 0 Å². The van der Waals surface area contributed by atoms with Crippen LogP contribution in [0.4, 0.5) is 17.1 Å². The number of benzene rings is 1. The Bertz CT molecular complexity index is 606. The van der Waals surface area contributed by atoms with Gasteiger partial charge >= 0.3 is 0 Å². The van der Waals surface area contributed by atoms with Crippen LogP contribution in [0.5, 0.6) is 0 Å². The molecule has 1 aliphatic heterocycles. The van der Waals surface area contributed by atoms with Crippen LogP contribution in [0, 0.1) is 0 Å². The zero-order chi connectivity index (χ0) is 12.7. The summed E-state index contributed by atoms with van der Waals surface area (Å²) < 4.78 is 8.34. The molecular formula is C10H8Cl2N4S2. The van der Waals surface area contributed by atoms with E-state index in [-0.39, 0.29) is 0 Å². The minimum absolute atomic E-state index is 0.486. The van der Waals surface area contributed by atoms with E-state index in [1.165, 1.54) is 0 Å². The number of halogens is 2. The van der Waals surface area contributed by atoms with Gasteiger partial charge in [-0.2, -0.15) is 8.73 Å². The van der Waals surface area contributed by atoms with Gasteiger partial charge in [-0.25, -0.2) is 0 Å². The van der Waals surface area contributed by atoms with Crippen molar-refractivity contribution in [3.8, 4) is 0 Å². The normalized spacial score (nSPS) is 16.1. The maximum absolute atomic E-state index is 6.16. The van der Waals surface area contributed by atoms with Gasteiger partial charge in [-0.3, -0.25) is 0 Å². The molecule has 1 aromatic rings. The average Bonchev–Trinajstić information content (AvgIpc) is 2.97. The van der Waals surface area contributed by atoms with E-state index < -0.39 is 0 Å². The maximum atomic E-state index is 6.16. The molecule has 0 atom stereocenters. The Morgan fingerprint density at radius 3 is 2.72 bits per heavy atom. The third-order valence-electron chi connectivity index (χ3n) is 2.59. The molecule has 3 rings (SSSR count). The van der Waals surface area contributed by atoms with Crippen LogP contribution in [-0.4, -0.2) is 11.2 Å². The summed E-state index contributed by atoms with van der Waals surface area (Å²) in [5.74, 6) is 0. The Kier molecular flexibility index (Phi) is 3.27. The molecule has 18 heavy (non-hydrogen) atoms. The van der Waals surface area contributed by atoms with Gasteiger partial charge in [0.25, 0.3) is 0 Å². The summed E-state index contributed by atoms with van der Waals surface area (Å²) in [7, 11) is 0. The molecule has 1 aromatic carbocycles. The van der Waals surface area contributed by atoms with Gasteiger partial charge in [0.2, 0.25) is 0 Å². The highest BCUT2D eigenvalue weighted by atomic mass is 35.5. The number of anilines is 1. The van der Waals surface area contributed by atoms with E-state index >= 15 is 0 Å². The predicted octanol–water partition coefficient (Wildman–Crippen LogP) is 4.17. The summed E-state index contributed by atoms with van der Waals surface area (Å²) in [6, 6.07) is 2.13. The minimum atomic E-state index is 0.486. The molecule has 1 saturated carbocycles. The zero-order valence-electron chi connectivity index (χ0n) is 9.04. The molecule has 0 saturated heterocycles. The SMILES string of the molecule is S=C(Nc1c(Cl)cc(Cl)c2c1N=S=N2)NC1CC1. The van der Waals surface area contributed by atoms with Gasteiger partial charge in [-0.05, 0) is 31.1 Å². The fraction of sp³-hybridized carbons (Fsp3) is 0.300. The van der Waals surface area contributed by atoms with Crippen molar-refractivity contribution in [1.82, 2.24) is 5.32 Å². The number of nitrogens with one attached hydrogen (secondary N) is 2. The number of rotatable bonds is 2. The highest BCUT2D eigenvalue weighted by Crippen LogP contribution is 2.47. The molecule has 0 spiro atoms. The fourth-order valence-electron chi connectivity index (χ4n) is 1.56. The standard InChI is InChI=1S/C10H8Cl2N4S2/c11-5-3-6(12)8-9(16-18-15-8)7(5)14-10(17)13-4-1-2-4/h3-4H,1-2H2,(H2,13,14,17). The average molecular weight is 319 g/mol. The van der Waals surface area contributed by atoms with Crippen LogP contribution >= 0.6 is 35.4 Å². The lowest BCUT2D eigenvalue weighted by Crippen LogP contribution is -2.30. The first-order chi connectivity index (χ1) is 8.65. The third-order valence-corrected chi connectivity index (χ3v) is 3.93. The smallest absolute Gasteiger partial charge is 0.171 e. The first kappa shape index (κ1) is 12.3. The Labute approximate surface area is 123 Å². The van der Waals surface area contributed by atoms with Crippen LogP contribution in [-0.2, 0) is 11.4 Å². The summed E-state index contributed by atoms with van der Waals surface area (Å²) in [5.41, 5.74) is 1.95. The Balaban J connectivity index is 1.89. The molecule has 0 aromatic heterocycles. The molecule has 0 amide bonds. The number of nitrogens with zero attached hydrogens (tertiary/aromatic N) is 2. The third kappa shape index (κ3) is 2.38. The second kappa shape index (κ2) is 4.77. The van der Waals surface area contributed by atoms with Gasteiger partial charge in [0.05, 0.1) is 27.1 Å². The Morgan fingerprint density at radius 1 is 1.28 bits per heavy atom. The van der Waals surface area contributed by atoms with E-state index in [0.29, 0.717) is 38.3 Å². The number of fused-ring (bicyclic) bond motifs is 1. The quantitative estimate of drug-likeness (QED) is 0.817. The second-order valence-corrected chi connectivity index (χ2v) is 5.80. The van der Waals surface area contributed by atoms with Crippen molar-refractivity contribution < 1.29 is 0 Å². The van der Waals surface area contributed by atoms with Gasteiger partial charge < -0.3 is 10.6 Å². The van der Waals surface area contributed by atoms with E-state index in [2.05, 4.69) is 19.4 Å². The highest BCUT2D eigenvalue weighted by Gasteiger charge is 2.24. The van der Waals surface area contributed by atoms with Crippen molar-refractivity contribution in [3.05, 3.63) is 16.1 Å². The fourth-order valence-corrected chi connectivity index (χ4v) is 2.98. The van der Waals surface area contributed by atoms with Gasteiger partial charge in [-0.1, -0.05) is 23.2 Å². The molecule has 94 valence electrons.